The van der Waals surface area contributed by atoms with Crippen LogP contribution in [-0.2, 0) is 13.0 Å². The summed E-state index contributed by atoms with van der Waals surface area (Å²) in [4.78, 5) is 16.5. The predicted molar refractivity (Wildman–Crippen MR) is 126 cm³/mol. The summed E-state index contributed by atoms with van der Waals surface area (Å²) in [6.45, 7) is 1.66. The third-order valence-electron chi connectivity index (χ3n) is 6.05. The number of fused-ring (bicyclic) bond motifs is 1. The molecule has 0 radical (unpaired) electrons. The number of carbonyl (C=O) groups is 1. The Morgan fingerprint density at radius 2 is 1.69 bits per heavy atom. The summed E-state index contributed by atoms with van der Waals surface area (Å²) in [5.74, 6) is 1.53. The number of benzene rings is 3. The van der Waals surface area contributed by atoms with E-state index in [-0.39, 0.29) is 11.9 Å². The van der Waals surface area contributed by atoms with Crippen molar-refractivity contribution in [2.24, 2.45) is 0 Å². The molecule has 1 aliphatic heterocycles. The monoisotopic (exact) mass is 430 g/mol. The second-order valence-electron chi connectivity index (χ2n) is 8.34. The Labute approximate surface area is 190 Å². The summed E-state index contributed by atoms with van der Waals surface area (Å²) in [6, 6.07) is 22.8. The Bertz CT molecular complexity index is 1100. The lowest BCUT2D eigenvalue weighted by atomic mass is 9.87. The molecule has 166 valence electrons. The first-order chi connectivity index (χ1) is 15.5. The van der Waals surface area contributed by atoms with E-state index in [9.17, 15) is 4.79 Å². The van der Waals surface area contributed by atoms with E-state index in [1.807, 2.05) is 24.3 Å². The number of ether oxygens (including phenoxy) is 2. The number of rotatable bonds is 6. The van der Waals surface area contributed by atoms with Crippen LogP contribution in [0.3, 0.4) is 0 Å². The van der Waals surface area contributed by atoms with Crippen LogP contribution < -0.4 is 9.47 Å². The molecule has 5 heteroatoms. The topological polar surface area (TPSA) is 42.0 Å². The summed E-state index contributed by atoms with van der Waals surface area (Å²) in [7, 11) is 6.92. The van der Waals surface area contributed by atoms with Gasteiger partial charge >= 0.3 is 0 Å². The standard InChI is InChI=1S/C27H30N2O3/c1-28(2)27(30)22-12-8-9-19(15-22)18-29-14-13-21-16-24(31-3)25(32-4)17-23(21)26(29)20-10-6-5-7-11-20/h5-12,15-17,26H,13-14,18H2,1-4H3. The van der Waals surface area contributed by atoms with Crippen molar-refractivity contribution >= 4 is 5.91 Å². The minimum Gasteiger partial charge on any atom is -0.493 e. The van der Waals surface area contributed by atoms with Gasteiger partial charge < -0.3 is 14.4 Å². The molecule has 32 heavy (non-hydrogen) atoms. The zero-order chi connectivity index (χ0) is 22.7. The first-order valence-corrected chi connectivity index (χ1v) is 10.9. The first kappa shape index (κ1) is 21.9. The van der Waals surface area contributed by atoms with E-state index in [0.717, 1.165) is 36.6 Å². The summed E-state index contributed by atoms with van der Waals surface area (Å²) in [5, 5.41) is 0. The summed E-state index contributed by atoms with van der Waals surface area (Å²) < 4.78 is 11.2. The molecular weight excluding hydrogens is 400 g/mol. The van der Waals surface area contributed by atoms with E-state index in [1.54, 1.807) is 33.2 Å². The molecular formula is C27H30N2O3. The number of hydrogen-bond acceptors (Lipinski definition) is 4. The van der Waals surface area contributed by atoms with Crippen LogP contribution in [0.2, 0.25) is 0 Å². The minimum atomic E-state index is 0.0206. The molecule has 1 amide bonds. The van der Waals surface area contributed by atoms with Crippen LogP contribution in [0.5, 0.6) is 11.5 Å². The lowest BCUT2D eigenvalue weighted by Crippen LogP contribution is -2.35. The highest BCUT2D eigenvalue weighted by Gasteiger charge is 2.30. The average molecular weight is 431 g/mol. The van der Waals surface area contributed by atoms with Gasteiger partial charge in [-0.3, -0.25) is 9.69 Å². The maximum atomic E-state index is 12.5. The van der Waals surface area contributed by atoms with Crippen LogP contribution in [0.25, 0.3) is 0 Å². The molecule has 0 saturated carbocycles. The third-order valence-corrected chi connectivity index (χ3v) is 6.05. The van der Waals surface area contributed by atoms with Crippen LogP contribution in [0.1, 0.15) is 38.7 Å². The molecule has 0 saturated heterocycles. The maximum Gasteiger partial charge on any atom is 0.253 e. The normalized spacial score (nSPS) is 15.7. The van der Waals surface area contributed by atoms with Crippen molar-refractivity contribution in [3.05, 3.63) is 94.5 Å². The van der Waals surface area contributed by atoms with Gasteiger partial charge in [0.25, 0.3) is 5.91 Å². The lowest BCUT2D eigenvalue weighted by molar-refractivity contribution is 0.0827. The largest absolute Gasteiger partial charge is 0.493 e. The number of methoxy groups -OCH3 is 2. The van der Waals surface area contributed by atoms with Gasteiger partial charge in [-0.15, -0.1) is 0 Å². The van der Waals surface area contributed by atoms with Crippen molar-refractivity contribution in [2.75, 3.05) is 34.9 Å². The Morgan fingerprint density at radius 1 is 0.969 bits per heavy atom. The Hall–Kier alpha value is -3.31. The van der Waals surface area contributed by atoms with Crippen molar-refractivity contribution in [3.63, 3.8) is 0 Å². The van der Waals surface area contributed by atoms with Gasteiger partial charge in [0.05, 0.1) is 20.3 Å². The molecule has 1 atom stereocenters. The van der Waals surface area contributed by atoms with Gasteiger partial charge in [-0.1, -0.05) is 42.5 Å². The fourth-order valence-electron chi connectivity index (χ4n) is 4.49. The molecule has 0 aliphatic carbocycles. The highest BCUT2D eigenvalue weighted by molar-refractivity contribution is 5.94. The molecule has 1 aliphatic rings. The Kier molecular flexibility index (Phi) is 6.47. The van der Waals surface area contributed by atoms with Crippen LogP contribution in [-0.4, -0.2) is 50.6 Å². The van der Waals surface area contributed by atoms with Crippen LogP contribution in [0.4, 0.5) is 0 Å². The fourth-order valence-corrected chi connectivity index (χ4v) is 4.49. The van der Waals surface area contributed by atoms with Gasteiger partial charge in [0.1, 0.15) is 0 Å². The number of carbonyl (C=O) groups excluding carboxylic acids is 1. The zero-order valence-corrected chi connectivity index (χ0v) is 19.2. The van der Waals surface area contributed by atoms with Crippen LogP contribution in [0, 0.1) is 0 Å². The molecule has 3 aromatic rings. The maximum absolute atomic E-state index is 12.5. The second-order valence-corrected chi connectivity index (χ2v) is 8.34. The molecule has 4 rings (SSSR count). The number of hydrogen-bond donors (Lipinski definition) is 0. The lowest BCUT2D eigenvalue weighted by Gasteiger charge is -2.38. The first-order valence-electron chi connectivity index (χ1n) is 10.9. The van der Waals surface area contributed by atoms with Crippen molar-refractivity contribution in [2.45, 2.75) is 19.0 Å². The number of amides is 1. The second kappa shape index (κ2) is 9.45. The predicted octanol–water partition coefficient (Wildman–Crippen LogP) is 4.55. The zero-order valence-electron chi connectivity index (χ0n) is 19.2. The quantitative estimate of drug-likeness (QED) is 0.575. The van der Waals surface area contributed by atoms with Gasteiger partial charge in [-0.2, -0.15) is 0 Å². The molecule has 0 aromatic heterocycles. The summed E-state index contributed by atoms with van der Waals surface area (Å²) in [5.41, 5.74) is 5.60. The molecule has 5 nitrogen and oxygen atoms in total. The van der Waals surface area contributed by atoms with Gasteiger partial charge in [0.2, 0.25) is 0 Å². The molecule has 0 N–H and O–H groups in total. The SMILES string of the molecule is COc1cc2c(cc1OC)C(c1ccccc1)N(Cc1cccc(C(=O)N(C)C)c1)CC2. The number of nitrogens with zero attached hydrogens (tertiary/aromatic N) is 2. The molecule has 3 aromatic carbocycles. The Balaban J connectivity index is 1.73. The molecule has 0 bridgehead atoms. The smallest absolute Gasteiger partial charge is 0.253 e. The average Bonchev–Trinajstić information content (AvgIpc) is 2.83. The van der Waals surface area contributed by atoms with E-state index in [1.165, 1.54) is 16.7 Å². The molecule has 0 fully saturated rings. The summed E-state index contributed by atoms with van der Waals surface area (Å²) in [6.07, 6.45) is 0.926. The van der Waals surface area contributed by atoms with Crippen LogP contribution in [0.15, 0.2) is 66.7 Å². The fraction of sp³-hybridized carbons (Fsp3) is 0.296. The molecule has 1 heterocycles. The van der Waals surface area contributed by atoms with E-state index in [4.69, 9.17) is 9.47 Å². The van der Waals surface area contributed by atoms with Gasteiger partial charge in [0.15, 0.2) is 11.5 Å². The van der Waals surface area contributed by atoms with E-state index >= 15 is 0 Å². The van der Waals surface area contributed by atoms with Crippen molar-refractivity contribution in [1.82, 2.24) is 9.80 Å². The van der Waals surface area contributed by atoms with E-state index < -0.39 is 0 Å². The van der Waals surface area contributed by atoms with Gasteiger partial charge in [0, 0.05) is 32.7 Å². The third kappa shape index (κ3) is 4.34. The van der Waals surface area contributed by atoms with E-state index in [0.29, 0.717) is 5.56 Å². The highest BCUT2D eigenvalue weighted by Crippen LogP contribution is 2.41. The molecule has 0 spiro atoms. The van der Waals surface area contributed by atoms with Crippen molar-refractivity contribution in [3.8, 4) is 11.5 Å². The molecule has 1 unspecified atom stereocenters. The van der Waals surface area contributed by atoms with Gasteiger partial charge in [-0.25, -0.2) is 0 Å². The van der Waals surface area contributed by atoms with E-state index in [2.05, 4.69) is 47.4 Å². The minimum absolute atomic E-state index is 0.0206. The Morgan fingerprint density at radius 3 is 2.38 bits per heavy atom. The highest BCUT2D eigenvalue weighted by atomic mass is 16.5. The summed E-state index contributed by atoms with van der Waals surface area (Å²) >= 11 is 0. The van der Waals surface area contributed by atoms with Crippen LogP contribution >= 0.6 is 0 Å². The van der Waals surface area contributed by atoms with Crippen molar-refractivity contribution < 1.29 is 14.3 Å². The van der Waals surface area contributed by atoms with Gasteiger partial charge in [-0.05, 0) is 52.9 Å². The van der Waals surface area contributed by atoms with Crippen molar-refractivity contribution in [1.29, 1.82) is 0 Å².